The Kier molecular flexibility index (Phi) is 6.34. The summed E-state index contributed by atoms with van der Waals surface area (Å²) in [7, 11) is 1.64. The number of anilines is 2. The maximum absolute atomic E-state index is 12.2. The van der Waals surface area contributed by atoms with Gasteiger partial charge in [-0.3, -0.25) is 10.1 Å². The first-order valence-electron chi connectivity index (χ1n) is 11.2. The molecule has 0 aromatic carbocycles. The van der Waals surface area contributed by atoms with E-state index in [4.69, 9.17) is 9.47 Å². The fourth-order valence-electron chi connectivity index (χ4n) is 4.22. The van der Waals surface area contributed by atoms with E-state index < -0.39 is 6.09 Å². The minimum atomic E-state index is -0.408. The Hall–Kier alpha value is -3.99. The molecule has 3 N–H and O–H groups in total. The number of alkyl carbamates (subject to hydrolysis) is 1. The number of carbonyl (C=O) groups is 1. The third-order valence-electron chi connectivity index (χ3n) is 5.83. The van der Waals surface area contributed by atoms with Crippen LogP contribution >= 0.6 is 0 Å². The summed E-state index contributed by atoms with van der Waals surface area (Å²) in [6.07, 6.45) is 8.84. The molecule has 4 aromatic rings. The van der Waals surface area contributed by atoms with Gasteiger partial charge in [-0.05, 0) is 37.0 Å². The number of nitrogens with zero attached hydrogens (tertiary/aromatic N) is 5. The number of aromatic amines is 1. The van der Waals surface area contributed by atoms with E-state index in [1.54, 1.807) is 36.4 Å². The second-order valence-electron chi connectivity index (χ2n) is 8.26. The predicted molar refractivity (Wildman–Crippen MR) is 124 cm³/mol. The van der Waals surface area contributed by atoms with Gasteiger partial charge in [-0.1, -0.05) is 6.07 Å². The normalized spacial score (nSPS) is 17.7. The fraction of sp³-hybridized carbons (Fsp3) is 0.348. The zero-order valence-electron chi connectivity index (χ0n) is 18.8. The van der Waals surface area contributed by atoms with Crippen molar-refractivity contribution in [2.75, 3.05) is 12.4 Å². The zero-order chi connectivity index (χ0) is 23.3. The molecule has 11 heteroatoms. The number of ether oxygens (including phenoxy) is 2. The molecule has 1 amide bonds. The van der Waals surface area contributed by atoms with Crippen LogP contribution in [-0.2, 0) is 22.6 Å². The molecule has 2 unspecified atom stereocenters. The first-order chi connectivity index (χ1) is 16.7. The van der Waals surface area contributed by atoms with Gasteiger partial charge in [-0.15, -0.1) is 0 Å². The first-order valence-corrected chi connectivity index (χ1v) is 11.2. The molecule has 0 spiro atoms. The Balaban J connectivity index is 1.16. The molecular weight excluding hydrogens is 436 g/mol. The van der Waals surface area contributed by atoms with E-state index in [-0.39, 0.29) is 12.0 Å². The van der Waals surface area contributed by atoms with Gasteiger partial charge >= 0.3 is 6.09 Å². The Morgan fingerprint density at radius 2 is 2.24 bits per heavy atom. The fourth-order valence-corrected chi connectivity index (χ4v) is 4.22. The number of amides is 1. The highest BCUT2D eigenvalue weighted by molar-refractivity contribution is 5.72. The van der Waals surface area contributed by atoms with Crippen LogP contribution in [0.5, 0.6) is 0 Å². The van der Waals surface area contributed by atoms with E-state index in [0.717, 1.165) is 41.7 Å². The largest absolute Gasteiger partial charge is 0.446 e. The standard InChI is InChI=1S/C23H26N8O3/c1-33-14-17-10-20-22(25-7-8-31(20)30-17)27-21-11-19(28-29-21)16-4-5-18(9-16)34-23(32)26-13-15-3-2-6-24-12-15/h2-3,6-8,10-12,16,18H,4-5,9,13-14H2,1H3,(H,26,32)(H2,25,27,28,29). The van der Waals surface area contributed by atoms with Crippen LogP contribution in [0, 0.1) is 0 Å². The van der Waals surface area contributed by atoms with E-state index in [9.17, 15) is 4.79 Å². The molecule has 1 aliphatic rings. The first kappa shape index (κ1) is 21.8. The number of carbonyl (C=O) groups excluding carboxylic acids is 1. The van der Waals surface area contributed by atoms with Gasteiger partial charge in [0, 0.05) is 56.1 Å². The average Bonchev–Trinajstić information content (AvgIpc) is 3.59. The summed E-state index contributed by atoms with van der Waals surface area (Å²) in [5, 5.41) is 18.0. The van der Waals surface area contributed by atoms with Crippen molar-refractivity contribution in [2.45, 2.75) is 44.4 Å². The van der Waals surface area contributed by atoms with Crippen LogP contribution in [0.3, 0.4) is 0 Å². The minimum Gasteiger partial charge on any atom is -0.446 e. The molecule has 4 heterocycles. The van der Waals surface area contributed by atoms with Crippen molar-refractivity contribution in [1.82, 2.24) is 35.1 Å². The van der Waals surface area contributed by atoms with Crippen LogP contribution < -0.4 is 10.6 Å². The van der Waals surface area contributed by atoms with Gasteiger partial charge in [0.1, 0.15) is 11.6 Å². The Labute approximate surface area is 195 Å². The van der Waals surface area contributed by atoms with Crippen LogP contribution in [0.15, 0.2) is 49.1 Å². The molecule has 11 nitrogen and oxygen atoms in total. The molecule has 0 bridgehead atoms. The number of rotatable bonds is 8. The number of aromatic nitrogens is 6. The topological polar surface area (TPSA) is 131 Å². The summed E-state index contributed by atoms with van der Waals surface area (Å²) in [4.78, 5) is 20.6. The Bertz CT molecular complexity index is 1260. The quantitative estimate of drug-likeness (QED) is 0.363. The lowest BCUT2D eigenvalue weighted by atomic mass is 10.0. The number of methoxy groups -OCH3 is 1. The maximum atomic E-state index is 12.2. The monoisotopic (exact) mass is 462 g/mol. The molecule has 34 heavy (non-hydrogen) atoms. The number of hydrogen-bond acceptors (Lipinski definition) is 8. The highest BCUT2D eigenvalue weighted by atomic mass is 16.6. The molecule has 0 radical (unpaired) electrons. The van der Waals surface area contributed by atoms with Crippen LogP contribution in [-0.4, -0.2) is 49.1 Å². The van der Waals surface area contributed by atoms with E-state index >= 15 is 0 Å². The summed E-state index contributed by atoms with van der Waals surface area (Å²) >= 11 is 0. The second kappa shape index (κ2) is 9.87. The van der Waals surface area contributed by atoms with Gasteiger partial charge in [0.2, 0.25) is 0 Å². The predicted octanol–water partition coefficient (Wildman–Crippen LogP) is 3.30. The number of hydrogen-bond donors (Lipinski definition) is 3. The molecule has 2 atom stereocenters. The third kappa shape index (κ3) is 4.99. The molecule has 176 valence electrons. The van der Waals surface area contributed by atoms with Crippen molar-refractivity contribution < 1.29 is 14.3 Å². The van der Waals surface area contributed by atoms with Crippen molar-refractivity contribution in [3.63, 3.8) is 0 Å². The molecular formula is C23H26N8O3. The number of fused-ring (bicyclic) bond motifs is 1. The van der Waals surface area contributed by atoms with Crippen LogP contribution in [0.2, 0.25) is 0 Å². The molecule has 0 aliphatic heterocycles. The minimum absolute atomic E-state index is 0.125. The van der Waals surface area contributed by atoms with E-state index in [0.29, 0.717) is 24.8 Å². The van der Waals surface area contributed by atoms with Crippen LogP contribution in [0.4, 0.5) is 16.4 Å². The van der Waals surface area contributed by atoms with E-state index in [2.05, 4.69) is 35.9 Å². The zero-order valence-corrected chi connectivity index (χ0v) is 18.8. The van der Waals surface area contributed by atoms with Crippen molar-refractivity contribution in [1.29, 1.82) is 0 Å². The van der Waals surface area contributed by atoms with Gasteiger partial charge in [0.25, 0.3) is 0 Å². The van der Waals surface area contributed by atoms with Crippen molar-refractivity contribution >= 4 is 23.2 Å². The van der Waals surface area contributed by atoms with Gasteiger partial charge < -0.3 is 20.1 Å². The van der Waals surface area contributed by atoms with Gasteiger partial charge in [0.05, 0.1) is 12.3 Å². The Morgan fingerprint density at radius 3 is 3.09 bits per heavy atom. The molecule has 1 saturated carbocycles. The van der Waals surface area contributed by atoms with Crippen LogP contribution in [0.1, 0.15) is 42.1 Å². The SMILES string of the molecule is COCc1cc2c(Nc3cc(C4CCC(OC(=O)NCc5cccnc5)C4)[nH]n3)nccn2n1. The summed E-state index contributed by atoms with van der Waals surface area (Å²) in [5.74, 6) is 1.57. The smallest absolute Gasteiger partial charge is 0.407 e. The average molecular weight is 463 g/mol. The van der Waals surface area contributed by atoms with Crippen molar-refractivity contribution in [2.24, 2.45) is 0 Å². The third-order valence-corrected chi connectivity index (χ3v) is 5.83. The lowest BCUT2D eigenvalue weighted by molar-refractivity contribution is 0.0996. The van der Waals surface area contributed by atoms with E-state index in [1.165, 1.54) is 0 Å². The molecule has 4 aromatic heterocycles. The Morgan fingerprint density at radius 1 is 1.29 bits per heavy atom. The van der Waals surface area contributed by atoms with Gasteiger partial charge in [-0.25, -0.2) is 14.3 Å². The van der Waals surface area contributed by atoms with Gasteiger partial charge in [-0.2, -0.15) is 10.2 Å². The number of H-pyrrole nitrogens is 1. The van der Waals surface area contributed by atoms with Crippen molar-refractivity contribution in [3.05, 3.63) is 66.0 Å². The summed E-state index contributed by atoms with van der Waals surface area (Å²) in [5.41, 5.74) is 3.59. The van der Waals surface area contributed by atoms with Gasteiger partial charge in [0.15, 0.2) is 11.6 Å². The van der Waals surface area contributed by atoms with Crippen LogP contribution in [0.25, 0.3) is 5.52 Å². The molecule has 5 rings (SSSR count). The lowest BCUT2D eigenvalue weighted by Crippen LogP contribution is -2.27. The lowest BCUT2D eigenvalue weighted by Gasteiger charge is -2.13. The highest BCUT2D eigenvalue weighted by Crippen LogP contribution is 2.36. The molecule has 0 saturated heterocycles. The summed E-state index contributed by atoms with van der Waals surface area (Å²) in [6.45, 7) is 0.823. The maximum Gasteiger partial charge on any atom is 0.407 e. The highest BCUT2D eigenvalue weighted by Gasteiger charge is 2.30. The second-order valence-corrected chi connectivity index (χ2v) is 8.26. The molecule has 1 fully saturated rings. The van der Waals surface area contributed by atoms with E-state index in [1.807, 2.05) is 24.3 Å². The number of pyridine rings is 1. The molecule has 1 aliphatic carbocycles. The van der Waals surface area contributed by atoms with Crippen molar-refractivity contribution in [3.8, 4) is 0 Å². The summed E-state index contributed by atoms with van der Waals surface area (Å²) in [6, 6.07) is 7.66. The number of nitrogens with one attached hydrogen (secondary N) is 3. The summed E-state index contributed by atoms with van der Waals surface area (Å²) < 4.78 is 12.5.